The van der Waals surface area contributed by atoms with Crippen LogP contribution in [0, 0.1) is 6.92 Å². The molecule has 0 bridgehead atoms. The Bertz CT molecular complexity index is 990. The third kappa shape index (κ3) is 5.11. The van der Waals surface area contributed by atoms with Gasteiger partial charge in [0.25, 0.3) is 0 Å². The van der Waals surface area contributed by atoms with Gasteiger partial charge in [0.1, 0.15) is 11.8 Å². The van der Waals surface area contributed by atoms with Crippen molar-refractivity contribution >= 4 is 27.3 Å². The first-order valence-electron chi connectivity index (χ1n) is 8.79. The molecule has 0 aliphatic heterocycles. The first-order valence-corrected chi connectivity index (χ1v) is 10.6. The van der Waals surface area contributed by atoms with Crippen molar-refractivity contribution in [2.24, 2.45) is 0 Å². The molecule has 0 aliphatic carbocycles. The monoisotopic (exact) mass is 422 g/mol. The van der Waals surface area contributed by atoms with E-state index in [1.807, 2.05) is 13.0 Å². The Balaban J connectivity index is 2.41. The zero-order chi connectivity index (χ0) is 21.8. The Morgan fingerprint density at radius 3 is 2.10 bits per heavy atom. The number of aryl methyl sites for hydroxylation is 1. The number of anilines is 2. The lowest BCUT2D eigenvalue weighted by molar-refractivity contribution is -0.116. The summed E-state index contributed by atoms with van der Waals surface area (Å²) in [5, 5.41) is 2.75. The number of hydrogen-bond acceptors (Lipinski definition) is 6. The third-order valence-corrected chi connectivity index (χ3v) is 5.56. The molecule has 1 N–H and O–H groups in total. The molecular weight excluding hydrogens is 396 g/mol. The number of sulfonamides is 1. The molecule has 158 valence electrons. The van der Waals surface area contributed by atoms with E-state index in [1.165, 1.54) is 34.3 Å². The molecule has 1 amide bonds. The van der Waals surface area contributed by atoms with Crippen LogP contribution in [0.1, 0.15) is 12.5 Å². The minimum absolute atomic E-state index is 0.281. The molecule has 2 aromatic rings. The molecule has 2 rings (SSSR count). The van der Waals surface area contributed by atoms with Crippen molar-refractivity contribution in [1.29, 1.82) is 0 Å². The van der Waals surface area contributed by atoms with Gasteiger partial charge in [0.05, 0.1) is 39.0 Å². The smallest absolute Gasteiger partial charge is 0.248 e. The van der Waals surface area contributed by atoms with Gasteiger partial charge in [0.15, 0.2) is 11.5 Å². The standard InChI is InChI=1S/C20H26N2O6S/c1-13-7-9-17(26-3)16(11-13)21-20(23)14(2)22(29(6,24)25)15-8-10-18(27-4)19(12-15)28-5/h7-12,14H,1-6H3,(H,21,23)/t14-/m1/s1. The van der Waals surface area contributed by atoms with Gasteiger partial charge < -0.3 is 19.5 Å². The third-order valence-electron chi connectivity index (χ3n) is 4.32. The molecule has 0 heterocycles. The van der Waals surface area contributed by atoms with Gasteiger partial charge in [-0.1, -0.05) is 6.07 Å². The Hall–Kier alpha value is -2.94. The number of hydrogen-bond donors (Lipinski definition) is 1. The van der Waals surface area contributed by atoms with Gasteiger partial charge in [-0.3, -0.25) is 9.10 Å². The molecule has 29 heavy (non-hydrogen) atoms. The highest BCUT2D eigenvalue weighted by molar-refractivity contribution is 7.92. The molecule has 0 spiro atoms. The molecule has 8 nitrogen and oxygen atoms in total. The highest BCUT2D eigenvalue weighted by atomic mass is 32.2. The highest BCUT2D eigenvalue weighted by Crippen LogP contribution is 2.33. The van der Waals surface area contributed by atoms with E-state index in [9.17, 15) is 13.2 Å². The number of amides is 1. The number of ether oxygens (including phenoxy) is 3. The fourth-order valence-electron chi connectivity index (χ4n) is 2.93. The maximum absolute atomic E-state index is 12.9. The topological polar surface area (TPSA) is 94.2 Å². The van der Waals surface area contributed by atoms with Gasteiger partial charge >= 0.3 is 0 Å². The van der Waals surface area contributed by atoms with Crippen LogP contribution in [0.3, 0.4) is 0 Å². The van der Waals surface area contributed by atoms with Gasteiger partial charge in [-0.25, -0.2) is 8.42 Å². The Morgan fingerprint density at radius 2 is 1.55 bits per heavy atom. The van der Waals surface area contributed by atoms with Gasteiger partial charge in [0, 0.05) is 6.07 Å². The normalized spacial score (nSPS) is 12.1. The summed E-state index contributed by atoms with van der Waals surface area (Å²) in [5.41, 5.74) is 1.67. The summed E-state index contributed by atoms with van der Waals surface area (Å²) in [6.07, 6.45) is 1.04. The Morgan fingerprint density at radius 1 is 0.966 bits per heavy atom. The first-order chi connectivity index (χ1) is 13.6. The minimum Gasteiger partial charge on any atom is -0.495 e. The van der Waals surface area contributed by atoms with Crippen LogP contribution in [0.4, 0.5) is 11.4 Å². The van der Waals surface area contributed by atoms with Crippen LogP contribution in [0.2, 0.25) is 0 Å². The van der Waals surface area contributed by atoms with E-state index in [4.69, 9.17) is 14.2 Å². The van der Waals surface area contributed by atoms with Gasteiger partial charge in [0.2, 0.25) is 15.9 Å². The first kappa shape index (κ1) is 22.4. The van der Waals surface area contributed by atoms with Crippen molar-refractivity contribution in [2.75, 3.05) is 37.2 Å². The van der Waals surface area contributed by atoms with E-state index in [0.717, 1.165) is 16.1 Å². The molecule has 0 fully saturated rings. The van der Waals surface area contributed by atoms with Crippen molar-refractivity contribution in [3.05, 3.63) is 42.0 Å². The summed E-state index contributed by atoms with van der Waals surface area (Å²) in [7, 11) is 0.652. The molecule has 2 aromatic carbocycles. The minimum atomic E-state index is -3.78. The molecular formula is C20H26N2O6S. The lowest BCUT2D eigenvalue weighted by Crippen LogP contribution is -2.45. The summed E-state index contributed by atoms with van der Waals surface area (Å²) in [4.78, 5) is 12.9. The summed E-state index contributed by atoms with van der Waals surface area (Å²) in [6, 6.07) is 8.96. The van der Waals surface area contributed by atoms with E-state index in [1.54, 1.807) is 24.3 Å². The van der Waals surface area contributed by atoms with E-state index in [2.05, 4.69) is 5.32 Å². The number of nitrogens with one attached hydrogen (secondary N) is 1. The fourth-order valence-corrected chi connectivity index (χ4v) is 4.09. The largest absolute Gasteiger partial charge is 0.495 e. The zero-order valence-electron chi connectivity index (χ0n) is 17.3. The number of benzene rings is 2. The van der Waals surface area contributed by atoms with Crippen molar-refractivity contribution < 1.29 is 27.4 Å². The zero-order valence-corrected chi connectivity index (χ0v) is 18.2. The second-order valence-corrected chi connectivity index (χ2v) is 8.33. The van der Waals surface area contributed by atoms with E-state index < -0.39 is 22.0 Å². The van der Waals surface area contributed by atoms with Crippen LogP contribution in [-0.4, -0.2) is 48.0 Å². The summed E-state index contributed by atoms with van der Waals surface area (Å²) < 4.78 is 41.8. The maximum atomic E-state index is 12.9. The molecule has 1 atom stereocenters. The van der Waals surface area contributed by atoms with Crippen LogP contribution in [0.25, 0.3) is 0 Å². The van der Waals surface area contributed by atoms with Crippen LogP contribution in [0.15, 0.2) is 36.4 Å². The number of rotatable bonds is 8. The van der Waals surface area contributed by atoms with Crippen LogP contribution in [-0.2, 0) is 14.8 Å². The van der Waals surface area contributed by atoms with Crippen LogP contribution < -0.4 is 23.8 Å². The lowest BCUT2D eigenvalue weighted by atomic mass is 10.2. The van der Waals surface area contributed by atoms with Crippen LogP contribution in [0.5, 0.6) is 17.2 Å². The van der Waals surface area contributed by atoms with Crippen molar-refractivity contribution in [1.82, 2.24) is 0 Å². The molecule has 0 unspecified atom stereocenters. The van der Waals surface area contributed by atoms with Gasteiger partial charge in [-0.15, -0.1) is 0 Å². The summed E-state index contributed by atoms with van der Waals surface area (Å²) in [6.45, 7) is 3.39. The van der Waals surface area contributed by atoms with Gasteiger partial charge in [-0.2, -0.15) is 0 Å². The molecule has 0 saturated carbocycles. The second-order valence-electron chi connectivity index (χ2n) is 6.47. The quantitative estimate of drug-likeness (QED) is 0.703. The number of methoxy groups -OCH3 is 3. The van der Waals surface area contributed by atoms with E-state index >= 15 is 0 Å². The predicted octanol–water partition coefficient (Wildman–Crippen LogP) is 2.81. The number of nitrogens with zero attached hydrogens (tertiary/aromatic N) is 1. The number of carbonyl (C=O) groups excluding carboxylic acids is 1. The second kappa shape index (κ2) is 9.04. The SMILES string of the molecule is COc1ccc(C)cc1NC(=O)[C@@H](C)N(c1ccc(OC)c(OC)c1)S(C)(=O)=O. The van der Waals surface area contributed by atoms with Crippen molar-refractivity contribution in [2.45, 2.75) is 19.9 Å². The molecule has 0 saturated heterocycles. The average Bonchev–Trinajstić information content (AvgIpc) is 2.67. The highest BCUT2D eigenvalue weighted by Gasteiger charge is 2.30. The molecule has 0 aromatic heterocycles. The summed E-state index contributed by atoms with van der Waals surface area (Å²) in [5.74, 6) is 0.778. The van der Waals surface area contributed by atoms with Crippen LogP contribution >= 0.6 is 0 Å². The predicted molar refractivity (Wildman–Crippen MR) is 113 cm³/mol. The van der Waals surface area contributed by atoms with E-state index in [0.29, 0.717) is 22.9 Å². The average molecular weight is 423 g/mol. The molecule has 9 heteroatoms. The Labute approximate surface area is 171 Å². The van der Waals surface area contributed by atoms with Crippen molar-refractivity contribution in [3.8, 4) is 17.2 Å². The van der Waals surface area contributed by atoms with Crippen molar-refractivity contribution in [3.63, 3.8) is 0 Å². The van der Waals surface area contributed by atoms with Gasteiger partial charge in [-0.05, 0) is 43.7 Å². The molecule has 0 radical (unpaired) electrons. The maximum Gasteiger partial charge on any atom is 0.248 e. The Kier molecular flexibility index (Phi) is 6.97. The summed E-state index contributed by atoms with van der Waals surface area (Å²) >= 11 is 0. The van der Waals surface area contributed by atoms with E-state index in [-0.39, 0.29) is 5.69 Å². The molecule has 0 aliphatic rings. The lowest BCUT2D eigenvalue weighted by Gasteiger charge is -2.29. The fraction of sp³-hybridized carbons (Fsp3) is 0.350. The number of carbonyl (C=O) groups is 1.